The molecule has 0 aromatic heterocycles. The zero-order valence-corrected chi connectivity index (χ0v) is 58.8. The molecule has 0 bridgehead atoms. The molecule has 0 aliphatic heterocycles. The molecule has 0 rings (SSSR count). The predicted molar refractivity (Wildman–Crippen MR) is 354 cm³/mol. The largest absolute Gasteiger partial charge is 0.472 e. The van der Waals surface area contributed by atoms with Crippen molar-refractivity contribution in [1.82, 2.24) is 0 Å². The van der Waals surface area contributed by atoms with E-state index in [1.54, 1.807) is 0 Å². The number of unbranched alkanes of at least 4 members (excludes halogenated alkanes) is 38. The summed E-state index contributed by atoms with van der Waals surface area (Å²) < 4.78 is 68.2. The number of hydrogen-bond donors (Lipinski definition) is 3. The average Bonchev–Trinajstić information content (AvgIpc) is 3.70. The van der Waals surface area contributed by atoms with Gasteiger partial charge in [0.15, 0.2) is 12.2 Å². The van der Waals surface area contributed by atoms with Gasteiger partial charge in [0.05, 0.1) is 26.4 Å². The van der Waals surface area contributed by atoms with Crippen LogP contribution >= 0.6 is 15.6 Å². The van der Waals surface area contributed by atoms with E-state index in [-0.39, 0.29) is 25.7 Å². The number of carbonyl (C=O) groups is 4. The lowest BCUT2D eigenvalue weighted by Crippen LogP contribution is -2.30. The maximum absolute atomic E-state index is 13.0. The first kappa shape index (κ1) is 86.1. The van der Waals surface area contributed by atoms with Crippen LogP contribution in [0.4, 0.5) is 0 Å². The van der Waals surface area contributed by atoms with Crippen molar-refractivity contribution in [3.8, 4) is 0 Å². The molecule has 0 radical (unpaired) electrons. The molecule has 0 saturated heterocycles. The average molecular weight is 1300 g/mol. The molecule has 0 heterocycles. The molecule has 17 nitrogen and oxygen atoms in total. The highest BCUT2D eigenvalue weighted by molar-refractivity contribution is 7.47. The van der Waals surface area contributed by atoms with E-state index in [2.05, 4.69) is 41.5 Å². The first-order chi connectivity index (χ1) is 42.4. The zero-order chi connectivity index (χ0) is 65.0. The topological polar surface area (TPSA) is 237 Å². The highest BCUT2D eigenvalue weighted by atomic mass is 31.2. The van der Waals surface area contributed by atoms with Crippen LogP contribution in [0.5, 0.6) is 0 Å². The number of esters is 4. The van der Waals surface area contributed by atoms with Crippen molar-refractivity contribution >= 4 is 39.5 Å². The molecule has 0 aliphatic carbocycles. The van der Waals surface area contributed by atoms with E-state index in [9.17, 15) is 43.2 Å². The van der Waals surface area contributed by atoms with Gasteiger partial charge in [0.2, 0.25) is 0 Å². The fourth-order valence-corrected chi connectivity index (χ4v) is 12.0. The second kappa shape index (κ2) is 61.3. The third-order valence-electron chi connectivity index (χ3n) is 16.0. The standard InChI is InChI=1S/C69H134O17P2/c1-7-9-11-13-15-17-20-29-35-41-47-53-68(73)85-64(57-79-66(71)51-45-39-33-25-16-14-12-10-8-2)59-83-87(75,76)81-55-63(70)56-82-88(77,78)84-60-65(86-69(74)54-48-42-36-30-24-19-22-27-32-38-44-50-62(5)6)58-80-67(72)52-46-40-34-28-23-18-21-26-31-37-43-49-61(3)4/h61-65,70H,7-60H2,1-6H3,(H,75,76)(H,77,78)/t63-,64+,65+/m0/s1. The van der Waals surface area contributed by atoms with E-state index in [0.717, 1.165) is 102 Å². The first-order valence-electron chi connectivity index (χ1n) is 36.0. The number of aliphatic hydroxyl groups is 1. The lowest BCUT2D eigenvalue weighted by Gasteiger charge is -2.21. The van der Waals surface area contributed by atoms with Crippen LogP contribution in [-0.2, 0) is 65.4 Å². The van der Waals surface area contributed by atoms with Crippen molar-refractivity contribution in [2.75, 3.05) is 39.6 Å². The van der Waals surface area contributed by atoms with Crippen molar-refractivity contribution in [3.63, 3.8) is 0 Å². The van der Waals surface area contributed by atoms with E-state index >= 15 is 0 Å². The molecular formula is C69H134O17P2. The number of phosphoric ester groups is 2. The molecule has 2 unspecified atom stereocenters. The Balaban J connectivity index is 5.24. The predicted octanol–water partition coefficient (Wildman–Crippen LogP) is 19.6. The molecule has 19 heteroatoms. The van der Waals surface area contributed by atoms with Crippen LogP contribution in [0.3, 0.4) is 0 Å². The van der Waals surface area contributed by atoms with Gasteiger partial charge in [0.25, 0.3) is 0 Å². The summed E-state index contributed by atoms with van der Waals surface area (Å²) in [6.07, 6.45) is 45.7. The highest BCUT2D eigenvalue weighted by Gasteiger charge is 2.30. The monoisotopic (exact) mass is 1300 g/mol. The van der Waals surface area contributed by atoms with Gasteiger partial charge in [-0.15, -0.1) is 0 Å². The highest BCUT2D eigenvalue weighted by Crippen LogP contribution is 2.45. The molecule has 0 aromatic carbocycles. The van der Waals surface area contributed by atoms with Gasteiger partial charge in [-0.05, 0) is 37.5 Å². The van der Waals surface area contributed by atoms with E-state index in [0.29, 0.717) is 25.7 Å². The van der Waals surface area contributed by atoms with E-state index in [1.807, 2.05) is 0 Å². The molecule has 0 spiro atoms. The third-order valence-corrected chi connectivity index (χ3v) is 17.9. The maximum Gasteiger partial charge on any atom is 0.472 e. The van der Waals surface area contributed by atoms with Crippen LogP contribution in [0.25, 0.3) is 0 Å². The summed E-state index contributed by atoms with van der Waals surface area (Å²) in [6.45, 7) is 9.53. The minimum Gasteiger partial charge on any atom is -0.462 e. The first-order valence-corrected chi connectivity index (χ1v) is 39.0. The number of hydrogen-bond acceptors (Lipinski definition) is 15. The summed E-state index contributed by atoms with van der Waals surface area (Å²) in [5, 5.41) is 10.6. The summed E-state index contributed by atoms with van der Waals surface area (Å²) in [4.78, 5) is 72.4. The number of rotatable bonds is 68. The summed E-state index contributed by atoms with van der Waals surface area (Å²) >= 11 is 0. The number of aliphatic hydroxyl groups excluding tert-OH is 1. The summed E-state index contributed by atoms with van der Waals surface area (Å²) in [5.74, 6) is -0.589. The van der Waals surface area contributed by atoms with Crippen LogP contribution in [0, 0.1) is 11.8 Å². The van der Waals surface area contributed by atoms with Gasteiger partial charge in [0.1, 0.15) is 19.3 Å². The number of ether oxygens (including phenoxy) is 4. The molecule has 0 aliphatic rings. The SMILES string of the molecule is CCCCCCCCCCCCCC(=O)O[C@H](COC(=O)CCCCCCCCCCC)COP(=O)(O)OC[C@H](O)COP(=O)(O)OC[C@@H](COC(=O)CCCCCCCCCCCCCC(C)C)OC(=O)CCCCCCCCCCCCCC(C)C. The lowest BCUT2D eigenvalue weighted by atomic mass is 10.0. The Kier molecular flexibility index (Phi) is 59.9. The van der Waals surface area contributed by atoms with Gasteiger partial charge < -0.3 is 33.8 Å². The second-order valence-electron chi connectivity index (χ2n) is 25.9. The minimum atomic E-state index is -4.95. The van der Waals surface area contributed by atoms with Gasteiger partial charge in [-0.3, -0.25) is 37.3 Å². The quantitative estimate of drug-likeness (QED) is 0.0222. The Bertz CT molecular complexity index is 1720. The summed E-state index contributed by atoms with van der Waals surface area (Å²) in [5.41, 5.74) is 0. The fourth-order valence-electron chi connectivity index (χ4n) is 10.4. The van der Waals surface area contributed by atoms with Crippen molar-refractivity contribution < 1.29 is 80.2 Å². The third kappa shape index (κ3) is 62.8. The number of carbonyl (C=O) groups excluding carboxylic acids is 4. The Morgan fingerprint density at radius 3 is 0.773 bits per heavy atom. The summed E-state index contributed by atoms with van der Waals surface area (Å²) in [7, 11) is -9.90. The zero-order valence-electron chi connectivity index (χ0n) is 57.0. The molecular weight excluding hydrogens is 1160 g/mol. The van der Waals surface area contributed by atoms with Gasteiger partial charge >= 0.3 is 39.5 Å². The van der Waals surface area contributed by atoms with Crippen molar-refractivity contribution in [2.24, 2.45) is 11.8 Å². The van der Waals surface area contributed by atoms with Gasteiger partial charge in [0, 0.05) is 25.7 Å². The minimum absolute atomic E-state index is 0.106. The van der Waals surface area contributed by atoms with Crippen LogP contribution < -0.4 is 0 Å². The summed E-state index contributed by atoms with van der Waals surface area (Å²) in [6, 6.07) is 0. The van der Waals surface area contributed by atoms with Gasteiger partial charge in [-0.1, -0.05) is 298 Å². The van der Waals surface area contributed by atoms with Crippen molar-refractivity contribution in [3.05, 3.63) is 0 Å². The van der Waals surface area contributed by atoms with Crippen molar-refractivity contribution in [1.29, 1.82) is 0 Å². The smallest absolute Gasteiger partial charge is 0.462 e. The molecule has 522 valence electrons. The van der Waals surface area contributed by atoms with Crippen molar-refractivity contribution in [2.45, 2.75) is 368 Å². The molecule has 3 N–H and O–H groups in total. The van der Waals surface area contributed by atoms with Gasteiger partial charge in [-0.2, -0.15) is 0 Å². The molecule has 0 amide bonds. The maximum atomic E-state index is 13.0. The molecule has 0 aromatic rings. The van der Waals surface area contributed by atoms with Crippen LogP contribution in [-0.4, -0.2) is 96.7 Å². The Hall–Kier alpha value is -1.94. The van der Waals surface area contributed by atoms with Crippen LogP contribution in [0.1, 0.15) is 350 Å². The molecule has 5 atom stereocenters. The molecule has 0 saturated carbocycles. The van der Waals surface area contributed by atoms with E-state index in [1.165, 1.54) is 167 Å². The van der Waals surface area contributed by atoms with Crippen LogP contribution in [0.2, 0.25) is 0 Å². The lowest BCUT2D eigenvalue weighted by molar-refractivity contribution is -0.161. The molecule has 0 fully saturated rings. The number of phosphoric acid groups is 2. The van der Waals surface area contributed by atoms with Gasteiger partial charge in [-0.25, -0.2) is 9.13 Å². The Morgan fingerprint density at radius 2 is 0.523 bits per heavy atom. The van der Waals surface area contributed by atoms with E-state index in [4.69, 9.17) is 37.0 Å². The molecule has 88 heavy (non-hydrogen) atoms. The Labute approximate surface area is 537 Å². The van der Waals surface area contributed by atoms with Crippen LogP contribution in [0.15, 0.2) is 0 Å². The van der Waals surface area contributed by atoms with E-state index < -0.39 is 97.5 Å². The fraction of sp³-hybridized carbons (Fsp3) is 0.942. The Morgan fingerprint density at radius 1 is 0.307 bits per heavy atom. The normalized spacial score (nSPS) is 14.2. The second-order valence-corrected chi connectivity index (χ2v) is 28.8.